The largest absolute Gasteiger partial charge is 0.350 e. The molecule has 1 unspecified atom stereocenters. The zero-order chi connectivity index (χ0) is 18.0. The lowest BCUT2D eigenvalue weighted by atomic mass is 9.98. The van der Waals surface area contributed by atoms with Crippen LogP contribution in [-0.2, 0) is 0 Å². The molecule has 0 bridgehead atoms. The fraction of sp³-hybridized carbons (Fsp3) is 0.550. The van der Waals surface area contributed by atoms with Gasteiger partial charge in [-0.15, -0.1) is 0 Å². The lowest BCUT2D eigenvalue weighted by molar-refractivity contribution is 0.0922. The molecule has 1 aliphatic heterocycles. The van der Waals surface area contributed by atoms with Crippen molar-refractivity contribution in [2.24, 2.45) is 5.92 Å². The summed E-state index contributed by atoms with van der Waals surface area (Å²) < 4.78 is 0. The number of rotatable bonds is 4. The van der Waals surface area contributed by atoms with Crippen molar-refractivity contribution >= 4 is 16.9 Å². The molecule has 0 spiro atoms. The van der Waals surface area contributed by atoms with Crippen molar-refractivity contribution in [3.05, 3.63) is 35.2 Å². The van der Waals surface area contributed by atoms with Crippen LogP contribution < -0.4 is 5.32 Å². The lowest BCUT2D eigenvalue weighted by Gasteiger charge is -2.35. The molecular formula is C20H28N4O. The summed E-state index contributed by atoms with van der Waals surface area (Å²) in [5.74, 6) is 0.781. The maximum atomic E-state index is 12.5. The number of aromatic nitrogens is 2. The van der Waals surface area contributed by atoms with Gasteiger partial charge in [0, 0.05) is 18.2 Å². The second-order valence-corrected chi connectivity index (χ2v) is 7.38. The Kier molecular flexibility index (Phi) is 5.33. The molecule has 0 saturated carbocycles. The summed E-state index contributed by atoms with van der Waals surface area (Å²) in [6.45, 7) is 11.3. The van der Waals surface area contributed by atoms with Crippen molar-refractivity contribution in [1.82, 2.24) is 20.2 Å². The van der Waals surface area contributed by atoms with Crippen LogP contribution in [0.4, 0.5) is 0 Å². The Morgan fingerprint density at radius 3 is 2.52 bits per heavy atom. The Morgan fingerprint density at radius 1 is 1.20 bits per heavy atom. The number of piperidine rings is 1. The standard InChI is InChI=1S/C20H28N4O/c1-13-7-9-24(10-8-13)14(2)12-21-20(25)17-5-6-18-19(11-17)23-16(4)15(3)22-18/h5-6,11,13-14H,7-10,12H2,1-4H3,(H,21,25). The summed E-state index contributed by atoms with van der Waals surface area (Å²) in [4.78, 5) is 24.0. The molecule has 1 N–H and O–H groups in total. The van der Waals surface area contributed by atoms with Gasteiger partial charge in [-0.1, -0.05) is 6.92 Å². The number of carbonyl (C=O) groups excluding carboxylic acids is 1. The molecule has 1 fully saturated rings. The third-order valence-electron chi connectivity index (χ3n) is 5.34. The van der Waals surface area contributed by atoms with Crippen molar-refractivity contribution in [2.75, 3.05) is 19.6 Å². The first-order valence-corrected chi connectivity index (χ1v) is 9.21. The first-order chi connectivity index (χ1) is 11.9. The Morgan fingerprint density at radius 2 is 1.84 bits per heavy atom. The van der Waals surface area contributed by atoms with Gasteiger partial charge in [-0.2, -0.15) is 0 Å². The molecule has 25 heavy (non-hydrogen) atoms. The van der Waals surface area contributed by atoms with Crippen LogP contribution in [-0.4, -0.2) is 46.5 Å². The molecular weight excluding hydrogens is 312 g/mol. The SMILES string of the molecule is Cc1nc2ccc(C(=O)NCC(C)N3CCC(C)CC3)cc2nc1C. The average Bonchev–Trinajstić information content (AvgIpc) is 2.60. The van der Waals surface area contributed by atoms with Gasteiger partial charge >= 0.3 is 0 Å². The molecule has 2 aromatic rings. The quantitative estimate of drug-likeness (QED) is 0.929. The van der Waals surface area contributed by atoms with Crippen LogP contribution >= 0.6 is 0 Å². The second-order valence-electron chi connectivity index (χ2n) is 7.38. The number of amides is 1. The van der Waals surface area contributed by atoms with Crippen LogP contribution in [0.2, 0.25) is 0 Å². The Bertz CT molecular complexity index is 766. The molecule has 5 heteroatoms. The summed E-state index contributed by atoms with van der Waals surface area (Å²) in [6, 6.07) is 5.90. The van der Waals surface area contributed by atoms with E-state index in [0.29, 0.717) is 18.2 Å². The molecule has 2 heterocycles. The molecule has 1 aliphatic rings. The van der Waals surface area contributed by atoms with Gasteiger partial charge in [-0.25, -0.2) is 9.97 Å². The normalized spacial score (nSPS) is 17.6. The van der Waals surface area contributed by atoms with E-state index in [2.05, 4.69) is 34.0 Å². The summed E-state index contributed by atoms with van der Waals surface area (Å²) >= 11 is 0. The number of aryl methyl sites for hydroxylation is 2. The molecule has 1 saturated heterocycles. The van der Waals surface area contributed by atoms with Crippen LogP contribution in [0.15, 0.2) is 18.2 Å². The monoisotopic (exact) mass is 340 g/mol. The first kappa shape index (κ1) is 17.8. The molecule has 1 atom stereocenters. The van der Waals surface area contributed by atoms with Crippen LogP contribution in [0.5, 0.6) is 0 Å². The highest BCUT2D eigenvalue weighted by Gasteiger charge is 2.20. The number of hydrogen-bond acceptors (Lipinski definition) is 4. The second kappa shape index (κ2) is 7.48. The van der Waals surface area contributed by atoms with E-state index in [0.717, 1.165) is 41.4 Å². The number of benzene rings is 1. The number of hydrogen-bond donors (Lipinski definition) is 1. The fourth-order valence-corrected chi connectivity index (χ4v) is 3.31. The molecule has 134 valence electrons. The number of nitrogens with zero attached hydrogens (tertiary/aromatic N) is 3. The van der Waals surface area contributed by atoms with Gasteiger partial charge in [-0.3, -0.25) is 9.69 Å². The Hall–Kier alpha value is -2.01. The van der Waals surface area contributed by atoms with Crippen LogP contribution in [0, 0.1) is 19.8 Å². The number of fused-ring (bicyclic) bond motifs is 1. The maximum absolute atomic E-state index is 12.5. The van der Waals surface area contributed by atoms with Crippen molar-refractivity contribution < 1.29 is 4.79 Å². The van der Waals surface area contributed by atoms with Gasteiger partial charge in [0.25, 0.3) is 5.91 Å². The van der Waals surface area contributed by atoms with E-state index in [1.165, 1.54) is 12.8 Å². The Balaban J connectivity index is 1.63. The van der Waals surface area contributed by atoms with Gasteiger partial charge in [-0.05, 0) is 70.8 Å². The zero-order valence-corrected chi connectivity index (χ0v) is 15.7. The van der Waals surface area contributed by atoms with E-state index in [1.54, 1.807) is 0 Å². The molecule has 0 radical (unpaired) electrons. The third-order valence-corrected chi connectivity index (χ3v) is 5.34. The topological polar surface area (TPSA) is 58.1 Å². The van der Waals surface area contributed by atoms with E-state index in [9.17, 15) is 4.79 Å². The number of nitrogens with one attached hydrogen (secondary N) is 1. The molecule has 3 rings (SSSR count). The third kappa shape index (κ3) is 4.15. The number of likely N-dealkylation sites (tertiary alicyclic amines) is 1. The summed E-state index contributed by atoms with van der Waals surface area (Å²) in [5.41, 5.74) is 4.07. The first-order valence-electron chi connectivity index (χ1n) is 9.21. The van der Waals surface area contributed by atoms with Crippen LogP contribution in [0.1, 0.15) is 48.4 Å². The van der Waals surface area contributed by atoms with E-state index in [-0.39, 0.29) is 5.91 Å². The Labute approximate surface area is 149 Å². The van der Waals surface area contributed by atoms with Crippen molar-refractivity contribution in [3.8, 4) is 0 Å². The van der Waals surface area contributed by atoms with E-state index in [1.807, 2.05) is 32.0 Å². The zero-order valence-electron chi connectivity index (χ0n) is 15.7. The highest BCUT2D eigenvalue weighted by molar-refractivity contribution is 5.97. The van der Waals surface area contributed by atoms with Gasteiger partial charge < -0.3 is 5.32 Å². The van der Waals surface area contributed by atoms with E-state index in [4.69, 9.17) is 0 Å². The van der Waals surface area contributed by atoms with Gasteiger partial charge in [0.15, 0.2) is 0 Å². The minimum atomic E-state index is -0.0424. The van der Waals surface area contributed by atoms with Crippen LogP contribution in [0.25, 0.3) is 11.0 Å². The van der Waals surface area contributed by atoms with Crippen molar-refractivity contribution in [3.63, 3.8) is 0 Å². The fourth-order valence-electron chi connectivity index (χ4n) is 3.31. The lowest BCUT2D eigenvalue weighted by Crippen LogP contribution is -2.45. The summed E-state index contributed by atoms with van der Waals surface area (Å²) in [5, 5.41) is 3.07. The van der Waals surface area contributed by atoms with E-state index >= 15 is 0 Å². The average molecular weight is 340 g/mol. The smallest absolute Gasteiger partial charge is 0.251 e. The minimum Gasteiger partial charge on any atom is -0.350 e. The highest BCUT2D eigenvalue weighted by Crippen LogP contribution is 2.18. The summed E-state index contributed by atoms with van der Waals surface area (Å²) in [7, 11) is 0. The van der Waals surface area contributed by atoms with Crippen LogP contribution in [0.3, 0.4) is 0 Å². The highest BCUT2D eigenvalue weighted by atomic mass is 16.1. The number of carbonyl (C=O) groups is 1. The van der Waals surface area contributed by atoms with Gasteiger partial charge in [0.2, 0.25) is 0 Å². The molecule has 1 amide bonds. The minimum absolute atomic E-state index is 0.0424. The van der Waals surface area contributed by atoms with Gasteiger partial charge in [0.05, 0.1) is 22.4 Å². The van der Waals surface area contributed by atoms with Crippen molar-refractivity contribution in [1.29, 1.82) is 0 Å². The predicted molar refractivity (Wildman–Crippen MR) is 101 cm³/mol. The van der Waals surface area contributed by atoms with Gasteiger partial charge in [0.1, 0.15) is 0 Å². The molecule has 1 aromatic heterocycles. The molecule has 0 aliphatic carbocycles. The maximum Gasteiger partial charge on any atom is 0.251 e. The van der Waals surface area contributed by atoms with Crippen molar-refractivity contribution in [2.45, 2.75) is 46.6 Å². The van der Waals surface area contributed by atoms with E-state index < -0.39 is 0 Å². The summed E-state index contributed by atoms with van der Waals surface area (Å²) in [6.07, 6.45) is 2.50. The predicted octanol–water partition coefficient (Wildman–Crippen LogP) is 3.10. The molecule has 5 nitrogen and oxygen atoms in total. The molecule has 1 aromatic carbocycles.